The summed E-state index contributed by atoms with van der Waals surface area (Å²) >= 11 is 6.14. The van der Waals surface area contributed by atoms with Crippen LogP contribution in [0.4, 0.5) is 0 Å². The minimum atomic E-state index is 0.00241. The molecule has 1 unspecified atom stereocenters. The molecule has 0 amide bonds. The van der Waals surface area contributed by atoms with Gasteiger partial charge in [0.15, 0.2) is 0 Å². The van der Waals surface area contributed by atoms with Crippen LogP contribution in [0.15, 0.2) is 18.2 Å². The molecule has 0 heterocycles. The summed E-state index contributed by atoms with van der Waals surface area (Å²) in [5.74, 6) is 0. The van der Waals surface area contributed by atoms with Crippen molar-refractivity contribution in [1.82, 2.24) is 0 Å². The first-order valence-corrected chi connectivity index (χ1v) is 5.99. The maximum absolute atomic E-state index is 6.14. The van der Waals surface area contributed by atoms with E-state index >= 15 is 0 Å². The quantitative estimate of drug-likeness (QED) is 0.860. The van der Waals surface area contributed by atoms with Crippen LogP contribution < -0.4 is 5.73 Å². The van der Waals surface area contributed by atoms with E-state index in [-0.39, 0.29) is 12.1 Å². The fourth-order valence-electron chi connectivity index (χ4n) is 1.48. The molecule has 0 aromatic heterocycles. The minimum Gasteiger partial charge on any atom is -0.377 e. The van der Waals surface area contributed by atoms with Crippen molar-refractivity contribution < 1.29 is 4.74 Å². The van der Waals surface area contributed by atoms with Crippen molar-refractivity contribution in [3.63, 3.8) is 0 Å². The smallest absolute Gasteiger partial charge is 0.0624 e. The molecule has 0 fully saturated rings. The van der Waals surface area contributed by atoms with Crippen molar-refractivity contribution in [2.75, 3.05) is 6.61 Å². The SMILES string of the molecule is Cc1ccc(CC(N)COC(C)C)c(Cl)c1. The van der Waals surface area contributed by atoms with Crippen LogP contribution in [-0.2, 0) is 11.2 Å². The van der Waals surface area contributed by atoms with Gasteiger partial charge in [0.2, 0.25) is 0 Å². The number of hydrogen-bond acceptors (Lipinski definition) is 2. The Hall–Kier alpha value is -0.570. The fourth-order valence-corrected chi connectivity index (χ4v) is 1.79. The largest absolute Gasteiger partial charge is 0.377 e. The van der Waals surface area contributed by atoms with E-state index in [0.717, 1.165) is 17.0 Å². The van der Waals surface area contributed by atoms with Crippen LogP contribution in [-0.4, -0.2) is 18.8 Å². The first-order valence-electron chi connectivity index (χ1n) is 5.61. The third-order valence-electron chi connectivity index (χ3n) is 2.33. The molecule has 1 aromatic rings. The van der Waals surface area contributed by atoms with Crippen LogP contribution in [0.5, 0.6) is 0 Å². The van der Waals surface area contributed by atoms with Crippen LogP contribution >= 0.6 is 11.6 Å². The molecule has 3 heteroatoms. The van der Waals surface area contributed by atoms with Gasteiger partial charge in [-0.2, -0.15) is 0 Å². The molecule has 1 aromatic carbocycles. The predicted molar refractivity (Wildman–Crippen MR) is 69.0 cm³/mol. The number of ether oxygens (including phenoxy) is 1. The number of aryl methyl sites for hydroxylation is 1. The second-order valence-corrected chi connectivity index (χ2v) is 4.85. The summed E-state index contributed by atoms with van der Waals surface area (Å²) in [4.78, 5) is 0. The first-order chi connectivity index (χ1) is 7.49. The highest BCUT2D eigenvalue weighted by atomic mass is 35.5. The van der Waals surface area contributed by atoms with Gasteiger partial charge in [0.25, 0.3) is 0 Å². The lowest BCUT2D eigenvalue weighted by atomic mass is 10.1. The highest BCUT2D eigenvalue weighted by Gasteiger charge is 2.08. The van der Waals surface area contributed by atoms with Crippen LogP contribution in [0.3, 0.4) is 0 Å². The number of hydrogen-bond donors (Lipinski definition) is 1. The summed E-state index contributed by atoms with van der Waals surface area (Å²) in [5, 5.41) is 0.792. The Morgan fingerprint density at radius 2 is 2.06 bits per heavy atom. The average Bonchev–Trinajstić information content (AvgIpc) is 2.19. The van der Waals surface area contributed by atoms with E-state index in [4.69, 9.17) is 22.1 Å². The summed E-state index contributed by atoms with van der Waals surface area (Å²) in [7, 11) is 0. The van der Waals surface area contributed by atoms with Gasteiger partial charge in [-0.1, -0.05) is 23.7 Å². The Kier molecular flexibility index (Phi) is 5.26. The van der Waals surface area contributed by atoms with Gasteiger partial charge >= 0.3 is 0 Å². The Morgan fingerprint density at radius 1 is 1.38 bits per heavy atom. The fraction of sp³-hybridized carbons (Fsp3) is 0.538. The standard InChI is InChI=1S/C13H20ClNO/c1-9(2)16-8-12(15)7-11-5-4-10(3)6-13(11)14/h4-6,9,12H,7-8,15H2,1-3H3. The molecule has 16 heavy (non-hydrogen) atoms. The van der Waals surface area contributed by atoms with Crippen molar-refractivity contribution in [2.24, 2.45) is 5.73 Å². The molecular formula is C13H20ClNO. The van der Waals surface area contributed by atoms with Gasteiger partial charge in [-0.05, 0) is 44.4 Å². The van der Waals surface area contributed by atoms with Crippen molar-refractivity contribution in [3.8, 4) is 0 Å². The lowest BCUT2D eigenvalue weighted by Gasteiger charge is -2.15. The number of rotatable bonds is 5. The van der Waals surface area contributed by atoms with Crippen LogP contribution in [0.2, 0.25) is 5.02 Å². The second-order valence-electron chi connectivity index (χ2n) is 4.44. The minimum absolute atomic E-state index is 0.00241. The van der Waals surface area contributed by atoms with Gasteiger partial charge in [0.05, 0.1) is 12.7 Å². The molecule has 0 saturated heterocycles. The third-order valence-corrected chi connectivity index (χ3v) is 2.69. The molecule has 0 aliphatic rings. The molecule has 0 aliphatic carbocycles. The lowest BCUT2D eigenvalue weighted by Crippen LogP contribution is -2.30. The maximum atomic E-state index is 6.14. The molecule has 90 valence electrons. The Labute approximate surface area is 103 Å². The summed E-state index contributed by atoms with van der Waals surface area (Å²) in [6, 6.07) is 6.06. The number of nitrogens with two attached hydrogens (primary N) is 1. The molecule has 1 atom stereocenters. The summed E-state index contributed by atoms with van der Waals surface area (Å²) in [6.45, 7) is 6.61. The Bertz CT molecular complexity index is 339. The van der Waals surface area contributed by atoms with E-state index in [1.807, 2.05) is 32.9 Å². The molecule has 2 N–H and O–H groups in total. The van der Waals surface area contributed by atoms with Crippen molar-refractivity contribution in [3.05, 3.63) is 34.3 Å². The normalized spacial score (nSPS) is 13.1. The van der Waals surface area contributed by atoms with Gasteiger partial charge in [-0.3, -0.25) is 0 Å². The second kappa shape index (κ2) is 6.24. The predicted octanol–water partition coefficient (Wildman–Crippen LogP) is 2.94. The number of benzene rings is 1. The zero-order valence-electron chi connectivity index (χ0n) is 10.2. The zero-order valence-corrected chi connectivity index (χ0v) is 10.9. The molecule has 0 radical (unpaired) electrons. The van der Waals surface area contributed by atoms with E-state index in [1.165, 1.54) is 5.56 Å². The van der Waals surface area contributed by atoms with E-state index in [2.05, 4.69) is 6.07 Å². The van der Waals surface area contributed by atoms with Gasteiger partial charge < -0.3 is 10.5 Å². The molecule has 2 nitrogen and oxygen atoms in total. The van der Waals surface area contributed by atoms with E-state index in [9.17, 15) is 0 Å². The van der Waals surface area contributed by atoms with Crippen LogP contribution in [0.1, 0.15) is 25.0 Å². The van der Waals surface area contributed by atoms with Crippen molar-refractivity contribution >= 4 is 11.6 Å². The first kappa shape index (κ1) is 13.5. The summed E-state index contributed by atoms with van der Waals surface area (Å²) in [5.41, 5.74) is 8.23. The molecule has 0 bridgehead atoms. The maximum Gasteiger partial charge on any atom is 0.0624 e. The Morgan fingerprint density at radius 3 is 2.62 bits per heavy atom. The van der Waals surface area contributed by atoms with Crippen LogP contribution in [0.25, 0.3) is 0 Å². The van der Waals surface area contributed by atoms with Crippen molar-refractivity contribution in [1.29, 1.82) is 0 Å². The van der Waals surface area contributed by atoms with Gasteiger partial charge in [0, 0.05) is 11.1 Å². The monoisotopic (exact) mass is 241 g/mol. The average molecular weight is 242 g/mol. The zero-order chi connectivity index (χ0) is 12.1. The molecule has 0 aliphatic heterocycles. The third kappa shape index (κ3) is 4.52. The van der Waals surface area contributed by atoms with Crippen molar-refractivity contribution in [2.45, 2.75) is 39.3 Å². The van der Waals surface area contributed by atoms with E-state index in [0.29, 0.717) is 6.61 Å². The van der Waals surface area contributed by atoms with E-state index in [1.54, 1.807) is 0 Å². The molecule has 0 saturated carbocycles. The van der Waals surface area contributed by atoms with Gasteiger partial charge in [0.1, 0.15) is 0 Å². The van der Waals surface area contributed by atoms with Gasteiger partial charge in [-0.25, -0.2) is 0 Å². The Balaban J connectivity index is 2.52. The molecule has 0 spiro atoms. The van der Waals surface area contributed by atoms with E-state index < -0.39 is 0 Å². The topological polar surface area (TPSA) is 35.2 Å². The number of halogens is 1. The summed E-state index contributed by atoms with van der Waals surface area (Å²) < 4.78 is 5.47. The molecular weight excluding hydrogens is 222 g/mol. The summed E-state index contributed by atoms with van der Waals surface area (Å²) in [6.07, 6.45) is 0.978. The highest BCUT2D eigenvalue weighted by molar-refractivity contribution is 6.31. The van der Waals surface area contributed by atoms with Crippen LogP contribution in [0, 0.1) is 6.92 Å². The highest BCUT2D eigenvalue weighted by Crippen LogP contribution is 2.18. The molecule has 1 rings (SSSR count). The van der Waals surface area contributed by atoms with Gasteiger partial charge in [-0.15, -0.1) is 0 Å². The lowest BCUT2D eigenvalue weighted by molar-refractivity contribution is 0.0684.